The summed E-state index contributed by atoms with van der Waals surface area (Å²) in [6.45, 7) is 2.46. The Morgan fingerprint density at radius 2 is 2.04 bits per heavy atom. The third kappa shape index (κ3) is 5.21. The fourth-order valence-corrected chi connectivity index (χ4v) is 4.53. The molecule has 1 aliphatic heterocycles. The Morgan fingerprint density at radius 1 is 1.23 bits per heavy atom. The molecule has 1 saturated carbocycles. The molecule has 1 heterocycles. The molecular weight excluding hydrogens is 348 g/mol. The van der Waals surface area contributed by atoms with Crippen LogP contribution in [0.3, 0.4) is 0 Å². The molecule has 0 aromatic heterocycles. The van der Waals surface area contributed by atoms with Crippen LogP contribution in [-0.4, -0.2) is 41.1 Å². The highest BCUT2D eigenvalue weighted by atomic mass is 35.5. The number of nitrogens with one attached hydrogen (secondary N) is 1. The van der Waals surface area contributed by atoms with Crippen molar-refractivity contribution in [3.05, 3.63) is 34.9 Å². The number of amides is 1. The van der Waals surface area contributed by atoms with Gasteiger partial charge in [-0.05, 0) is 42.9 Å². The zero-order valence-electron chi connectivity index (χ0n) is 15.6. The van der Waals surface area contributed by atoms with Gasteiger partial charge in [0.1, 0.15) is 0 Å². The van der Waals surface area contributed by atoms with Crippen LogP contribution in [0, 0.1) is 5.92 Å². The molecule has 2 N–H and O–H groups in total. The summed E-state index contributed by atoms with van der Waals surface area (Å²) in [5.41, 5.74) is -0.220. The van der Waals surface area contributed by atoms with E-state index in [1.54, 1.807) is 0 Å². The lowest BCUT2D eigenvalue weighted by Gasteiger charge is -2.39. The maximum Gasteiger partial charge on any atom is 0.255 e. The van der Waals surface area contributed by atoms with Gasteiger partial charge in [-0.1, -0.05) is 55.8 Å². The first kappa shape index (κ1) is 19.7. The third-order valence-corrected chi connectivity index (χ3v) is 6.11. The topological polar surface area (TPSA) is 52.6 Å². The maximum atomic E-state index is 12.8. The van der Waals surface area contributed by atoms with Gasteiger partial charge in [-0.25, -0.2) is 0 Å². The summed E-state index contributed by atoms with van der Waals surface area (Å²) >= 11 is 6.00. The number of hydrogen-bond donors (Lipinski definition) is 2. The number of carbonyl (C=O) groups excluding carboxylic acids is 1. The monoisotopic (exact) mass is 378 g/mol. The normalized spacial score (nSPS) is 24.8. The van der Waals surface area contributed by atoms with Crippen molar-refractivity contribution in [1.29, 1.82) is 0 Å². The van der Waals surface area contributed by atoms with Gasteiger partial charge in [0.15, 0.2) is 5.60 Å². The molecule has 0 radical (unpaired) electrons. The van der Waals surface area contributed by atoms with E-state index in [4.69, 9.17) is 11.6 Å². The lowest BCUT2D eigenvalue weighted by Crippen LogP contribution is -2.58. The van der Waals surface area contributed by atoms with Crippen LogP contribution in [0.4, 0.5) is 0 Å². The van der Waals surface area contributed by atoms with Gasteiger partial charge in [-0.15, -0.1) is 0 Å². The minimum Gasteiger partial charge on any atom is -0.379 e. The van der Waals surface area contributed by atoms with Crippen LogP contribution in [0.2, 0.25) is 5.02 Å². The number of hydrogen-bond acceptors (Lipinski definition) is 3. The summed E-state index contributed by atoms with van der Waals surface area (Å²) < 4.78 is 0. The molecule has 144 valence electrons. The molecule has 1 aromatic rings. The van der Waals surface area contributed by atoms with E-state index in [0.717, 1.165) is 37.4 Å². The largest absolute Gasteiger partial charge is 0.379 e. The molecule has 1 aromatic carbocycles. The van der Waals surface area contributed by atoms with Gasteiger partial charge in [-0.3, -0.25) is 4.79 Å². The molecular formula is C21H31ClN2O2. The fourth-order valence-electron chi connectivity index (χ4n) is 4.32. The number of halogens is 1. The second-order valence-corrected chi connectivity index (χ2v) is 8.39. The zero-order valence-corrected chi connectivity index (χ0v) is 16.3. The first-order valence-electron chi connectivity index (χ1n) is 10.0. The Morgan fingerprint density at radius 3 is 2.81 bits per heavy atom. The summed E-state index contributed by atoms with van der Waals surface area (Å²) in [7, 11) is 0. The smallest absolute Gasteiger partial charge is 0.255 e. The summed E-state index contributed by atoms with van der Waals surface area (Å²) in [5.74, 6) is 0.658. The summed E-state index contributed by atoms with van der Waals surface area (Å²) in [6.07, 6.45) is 9.10. The summed E-state index contributed by atoms with van der Waals surface area (Å²) in [6, 6.07) is 7.64. The van der Waals surface area contributed by atoms with Crippen molar-refractivity contribution in [2.45, 2.75) is 63.5 Å². The minimum absolute atomic E-state index is 0.0989. The number of carbonyl (C=O) groups is 1. The average molecular weight is 379 g/mol. The molecule has 1 saturated heterocycles. The van der Waals surface area contributed by atoms with Crippen molar-refractivity contribution in [3.63, 3.8) is 0 Å². The van der Waals surface area contributed by atoms with Gasteiger partial charge in [0.25, 0.3) is 5.91 Å². The van der Waals surface area contributed by atoms with E-state index in [0.29, 0.717) is 18.0 Å². The van der Waals surface area contributed by atoms with Crippen molar-refractivity contribution < 1.29 is 9.90 Å². The van der Waals surface area contributed by atoms with Crippen molar-refractivity contribution in [2.75, 3.05) is 19.6 Å². The summed E-state index contributed by atoms with van der Waals surface area (Å²) in [4.78, 5) is 14.7. The van der Waals surface area contributed by atoms with Crippen LogP contribution in [0.15, 0.2) is 24.3 Å². The molecule has 0 unspecified atom stereocenters. The fraction of sp³-hybridized carbons (Fsp3) is 0.667. The van der Waals surface area contributed by atoms with Gasteiger partial charge in [0.05, 0.1) is 0 Å². The average Bonchev–Trinajstić information content (AvgIpc) is 2.64. The van der Waals surface area contributed by atoms with Crippen LogP contribution in [0.1, 0.15) is 56.9 Å². The number of benzene rings is 1. The highest BCUT2D eigenvalue weighted by molar-refractivity contribution is 6.30. The summed E-state index contributed by atoms with van der Waals surface area (Å²) in [5, 5.41) is 14.8. The number of aliphatic hydroxyl groups is 1. The molecule has 1 atom stereocenters. The second kappa shape index (κ2) is 9.20. The number of nitrogens with zero attached hydrogens (tertiary/aromatic N) is 1. The molecule has 0 bridgehead atoms. The molecule has 26 heavy (non-hydrogen) atoms. The number of likely N-dealkylation sites (tertiary alicyclic amines) is 1. The van der Waals surface area contributed by atoms with Gasteiger partial charge in [0, 0.05) is 31.2 Å². The van der Waals surface area contributed by atoms with E-state index >= 15 is 0 Å². The van der Waals surface area contributed by atoms with Gasteiger partial charge >= 0.3 is 0 Å². The molecule has 2 aliphatic rings. The molecule has 4 nitrogen and oxygen atoms in total. The lowest BCUT2D eigenvalue weighted by atomic mass is 9.86. The predicted octanol–water partition coefficient (Wildman–Crippen LogP) is 3.75. The first-order valence-corrected chi connectivity index (χ1v) is 10.4. The lowest BCUT2D eigenvalue weighted by molar-refractivity contribution is -0.156. The minimum atomic E-state index is -1.27. The van der Waals surface area contributed by atoms with Crippen molar-refractivity contribution in [3.8, 4) is 0 Å². The van der Waals surface area contributed by atoms with E-state index in [2.05, 4.69) is 5.32 Å². The van der Waals surface area contributed by atoms with Crippen molar-refractivity contribution in [1.82, 2.24) is 10.2 Å². The van der Waals surface area contributed by atoms with Crippen LogP contribution >= 0.6 is 11.6 Å². The van der Waals surface area contributed by atoms with E-state index < -0.39 is 5.60 Å². The molecule has 2 fully saturated rings. The molecule has 3 rings (SSSR count). The van der Waals surface area contributed by atoms with Gasteiger partial charge in [0.2, 0.25) is 0 Å². The Kier molecular flexibility index (Phi) is 6.96. The van der Waals surface area contributed by atoms with Crippen LogP contribution in [0.25, 0.3) is 0 Å². The number of rotatable bonds is 7. The number of piperidine rings is 1. The zero-order chi connectivity index (χ0) is 18.4. The predicted molar refractivity (Wildman–Crippen MR) is 105 cm³/mol. The van der Waals surface area contributed by atoms with E-state index in [9.17, 15) is 9.90 Å². The van der Waals surface area contributed by atoms with E-state index in [1.165, 1.54) is 32.1 Å². The Bertz CT molecular complexity index is 603. The van der Waals surface area contributed by atoms with Crippen LogP contribution in [0.5, 0.6) is 0 Å². The molecule has 1 aliphatic carbocycles. The second-order valence-electron chi connectivity index (χ2n) is 7.95. The van der Waals surface area contributed by atoms with Crippen molar-refractivity contribution in [2.24, 2.45) is 5.92 Å². The van der Waals surface area contributed by atoms with Gasteiger partial charge < -0.3 is 15.3 Å². The SMILES string of the molecule is O=C1N(CCC2CCCCC2)CCC[C@@]1(O)CNCc1cccc(Cl)c1. The quantitative estimate of drug-likeness (QED) is 0.759. The van der Waals surface area contributed by atoms with Gasteiger partial charge in [-0.2, -0.15) is 0 Å². The molecule has 1 amide bonds. The highest BCUT2D eigenvalue weighted by Gasteiger charge is 2.41. The van der Waals surface area contributed by atoms with Crippen LogP contribution in [-0.2, 0) is 11.3 Å². The van der Waals surface area contributed by atoms with E-state index in [-0.39, 0.29) is 12.5 Å². The van der Waals surface area contributed by atoms with E-state index in [1.807, 2.05) is 29.2 Å². The standard InChI is InChI=1S/C21H31ClN2O2/c22-19-9-4-8-18(14-19)15-23-16-21(26)11-5-12-24(20(21)25)13-10-17-6-2-1-3-7-17/h4,8-9,14,17,23,26H,1-3,5-7,10-13,15-16H2/t21-/m1/s1. The highest BCUT2D eigenvalue weighted by Crippen LogP contribution is 2.28. The molecule has 0 spiro atoms. The maximum absolute atomic E-state index is 12.8. The van der Waals surface area contributed by atoms with Crippen molar-refractivity contribution >= 4 is 17.5 Å². The molecule has 5 heteroatoms. The Balaban J connectivity index is 1.48. The third-order valence-electron chi connectivity index (χ3n) is 5.87. The van der Waals surface area contributed by atoms with Crippen LogP contribution < -0.4 is 5.32 Å². The first-order chi connectivity index (χ1) is 12.6. The Hall–Kier alpha value is -1.10. The Labute approximate surface area is 161 Å².